The highest BCUT2D eigenvalue weighted by Gasteiger charge is 1.98. The molecule has 90 valence electrons. The maximum atomic E-state index is 5.29. The largest absolute Gasteiger partial charge is 0.478 e. The number of anilines is 1. The van der Waals surface area contributed by atoms with Crippen LogP contribution in [0.5, 0.6) is 5.88 Å². The Hall–Kier alpha value is -1.55. The number of nitrogens with one attached hydrogen (secondary N) is 1. The van der Waals surface area contributed by atoms with Gasteiger partial charge in [-0.05, 0) is 32.0 Å². The minimum absolute atomic E-state index is 0.647. The van der Waals surface area contributed by atoms with E-state index in [1.807, 2.05) is 30.4 Å². The van der Waals surface area contributed by atoms with Crippen LogP contribution in [0.4, 0.5) is 5.69 Å². The third-order valence-corrected chi connectivity index (χ3v) is 3.29. The van der Waals surface area contributed by atoms with Crippen molar-refractivity contribution in [2.24, 2.45) is 0 Å². The van der Waals surface area contributed by atoms with Gasteiger partial charge in [0.15, 0.2) is 0 Å². The van der Waals surface area contributed by atoms with Crippen molar-refractivity contribution in [3.8, 4) is 5.88 Å². The van der Waals surface area contributed by atoms with E-state index in [2.05, 4.69) is 29.4 Å². The lowest BCUT2D eigenvalue weighted by atomic mass is 10.4. The summed E-state index contributed by atoms with van der Waals surface area (Å²) in [7, 11) is 0. The van der Waals surface area contributed by atoms with Crippen LogP contribution in [-0.4, -0.2) is 11.6 Å². The molecular formula is C13H16N2OS. The molecule has 0 fully saturated rings. The summed E-state index contributed by atoms with van der Waals surface area (Å²) in [4.78, 5) is 6.87. The van der Waals surface area contributed by atoms with Crippen LogP contribution in [0, 0.1) is 6.92 Å². The van der Waals surface area contributed by atoms with Crippen molar-refractivity contribution in [3.05, 3.63) is 40.2 Å². The third-order valence-electron chi connectivity index (χ3n) is 2.29. The van der Waals surface area contributed by atoms with Crippen LogP contribution in [-0.2, 0) is 6.54 Å². The second-order valence-electron chi connectivity index (χ2n) is 3.68. The molecule has 2 aromatic heterocycles. The summed E-state index contributed by atoms with van der Waals surface area (Å²) in [5.41, 5.74) is 1.01. The normalized spacial score (nSPS) is 10.2. The molecular weight excluding hydrogens is 232 g/mol. The summed E-state index contributed by atoms with van der Waals surface area (Å²) >= 11 is 1.81. The van der Waals surface area contributed by atoms with Crippen molar-refractivity contribution in [1.29, 1.82) is 0 Å². The number of hydrogen-bond acceptors (Lipinski definition) is 4. The molecule has 0 saturated heterocycles. The molecule has 0 aliphatic heterocycles. The van der Waals surface area contributed by atoms with Gasteiger partial charge >= 0.3 is 0 Å². The smallest absolute Gasteiger partial charge is 0.213 e. The number of nitrogens with zero attached hydrogens (tertiary/aromatic N) is 1. The van der Waals surface area contributed by atoms with Gasteiger partial charge in [0.25, 0.3) is 0 Å². The Morgan fingerprint density at radius 3 is 2.76 bits per heavy atom. The van der Waals surface area contributed by atoms with Crippen LogP contribution in [0.1, 0.15) is 16.7 Å². The fraction of sp³-hybridized carbons (Fsp3) is 0.308. The Labute approximate surface area is 105 Å². The van der Waals surface area contributed by atoms with Crippen molar-refractivity contribution in [1.82, 2.24) is 4.98 Å². The maximum absolute atomic E-state index is 5.29. The fourth-order valence-electron chi connectivity index (χ4n) is 1.49. The van der Waals surface area contributed by atoms with Crippen LogP contribution in [0.15, 0.2) is 30.5 Å². The van der Waals surface area contributed by atoms with Crippen molar-refractivity contribution >= 4 is 17.0 Å². The number of aromatic nitrogens is 1. The van der Waals surface area contributed by atoms with Gasteiger partial charge in [-0.3, -0.25) is 0 Å². The molecule has 3 nitrogen and oxygen atoms in total. The Morgan fingerprint density at radius 1 is 1.29 bits per heavy atom. The van der Waals surface area contributed by atoms with E-state index in [9.17, 15) is 0 Å². The van der Waals surface area contributed by atoms with Crippen LogP contribution < -0.4 is 10.1 Å². The van der Waals surface area contributed by atoms with Gasteiger partial charge in [0, 0.05) is 22.4 Å². The molecule has 0 spiro atoms. The molecule has 4 heteroatoms. The lowest BCUT2D eigenvalue weighted by Gasteiger charge is -2.05. The monoisotopic (exact) mass is 248 g/mol. The summed E-state index contributed by atoms with van der Waals surface area (Å²) in [5.74, 6) is 0.671. The van der Waals surface area contributed by atoms with E-state index in [1.54, 1.807) is 6.20 Å². The Kier molecular flexibility index (Phi) is 3.98. The fourth-order valence-corrected chi connectivity index (χ4v) is 2.32. The molecule has 0 bridgehead atoms. The second-order valence-corrected chi connectivity index (χ2v) is 5.06. The third kappa shape index (κ3) is 3.46. The van der Waals surface area contributed by atoms with Gasteiger partial charge in [-0.1, -0.05) is 0 Å². The Bertz CT molecular complexity index is 465. The molecule has 17 heavy (non-hydrogen) atoms. The van der Waals surface area contributed by atoms with Crippen LogP contribution in [0.25, 0.3) is 0 Å². The van der Waals surface area contributed by atoms with Gasteiger partial charge in [-0.2, -0.15) is 0 Å². The van der Waals surface area contributed by atoms with E-state index in [4.69, 9.17) is 4.74 Å². The van der Waals surface area contributed by atoms with E-state index in [-0.39, 0.29) is 0 Å². The lowest BCUT2D eigenvalue weighted by molar-refractivity contribution is 0.327. The molecule has 0 radical (unpaired) electrons. The SMILES string of the molecule is CCOc1ccc(NCc2ccc(C)s2)cn1. The number of thiophene rings is 1. The molecule has 0 atom stereocenters. The molecule has 0 saturated carbocycles. The quantitative estimate of drug-likeness (QED) is 0.879. The highest BCUT2D eigenvalue weighted by Crippen LogP contribution is 2.17. The molecule has 0 unspecified atom stereocenters. The van der Waals surface area contributed by atoms with E-state index in [1.165, 1.54) is 9.75 Å². The minimum atomic E-state index is 0.647. The van der Waals surface area contributed by atoms with Crippen molar-refractivity contribution in [2.75, 3.05) is 11.9 Å². The number of hydrogen-bond donors (Lipinski definition) is 1. The first-order valence-corrected chi connectivity index (χ1v) is 6.47. The highest BCUT2D eigenvalue weighted by molar-refractivity contribution is 7.11. The van der Waals surface area contributed by atoms with E-state index in [0.717, 1.165) is 12.2 Å². The number of rotatable bonds is 5. The van der Waals surface area contributed by atoms with Crippen molar-refractivity contribution < 1.29 is 4.74 Å². The molecule has 1 N–H and O–H groups in total. The zero-order valence-corrected chi connectivity index (χ0v) is 10.9. The summed E-state index contributed by atoms with van der Waals surface area (Å²) in [6.45, 7) is 5.56. The van der Waals surface area contributed by atoms with Crippen LogP contribution in [0.2, 0.25) is 0 Å². The molecule has 0 aliphatic rings. The predicted octanol–water partition coefficient (Wildman–Crippen LogP) is 3.46. The van der Waals surface area contributed by atoms with E-state index >= 15 is 0 Å². The van der Waals surface area contributed by atoms with Gasteiger partial charge in [0.05, 0.1) is 18.5 Å². The maximum Gasteiger partial charge on any atom is 0.213 e. The topological polar surface area (TPSA) is 34.1 Å². The lowest BCUT2D eigenvalue weighted by Crippen LogP contribution is -1.99. The molecule has 2 heterocycles. The molecule has 2 rings (SSSR count). The van der Waals surface area contributed by atoms with Gasteiger partial charge in [0.2, 0.25) is 5.88 Å². The number of pyridine rings is 1. The minimum Gasteiger partial charge on any atom is -0.478 e. The Balaban J connectivity index is 1.90. The molecule has 0 aromatic carbocycles. The van der Waals surface area contributed by atoms with Gasteiger partial charge in [0.1, 0.15) is 0 Å². The van der Waals surface area contributed by atoms with Gasteiger partial charge in [-0.25, -0.2) is 4.98 Å². The van der Waals surface area contributed by atoms with Gasteiger partial charge in [-0.15, -0.1) is 11.3 Å². The van der Waals surface area contributed by atoms with E-state index in [0.29, 0.717) is 12.5 Å². The van der Waals surface area contributed by atoms with Crippen LogP contribution in [0.3, 0.4) is 0 Å². The molecule has 0 aliphatic carbocycles. The second kappa shape index (κ2) is 5.68. The zero-order valence-electron chi connectivity index (χ0n) is 10.1. The zero-order chi connectivity index (χ0) is 12.1. The summed E-state index contributed by atoms with van der Waals surface area (Å²) < 4.78 is 5.29. The van der Waals surface area contributed by atoms with Gasteiger partial charge < -0.3 is 10.1 Å². The molecule has 2 aromatic rings. The van der Waals surface area contributed by atoms with Crippen molar-refractivity contribution in [2.45, 2.75) is 20.4 Å². The standard InChI is InChI=1S/C13H16N2OS/c1-3-16-13-7-5-11(8-15-13)14-9-12-6-4-10(2)17-12/h4-8,14H,3,9H2,1-2H3. The average Bonchev–Trinajstić information content (AvgIpc) is 2.75. The summed E-state index contributed by atoms with van der Waals surface area (Å²) in [6, 6.07) is 8.15. The van der Waals surface area contributed by atoms with Crippen LogP contribution >= 0.6 is 11.3 Å². The average molecular weight is 248 g/mol. The van der Waals surface area contributed by atoms with Crippen molar-refractivity contribution in [3.63, 3.8) is 0 Å². The Morgan fingerprint density at radius 2 is 2.18 bits per heavy atom. The first kappa shape index (κ1) is 11.9. The number of ether oxygens (including phenoxy) is 1. The first-order valence-electron chi connectivity index (χ1n) is 5.66. The first-order chi connectivity index (χ1) is 8.28. The molecule has 0 amide bonds. The predicted molar refractivity (Wildman–Crippen MR) is 71.8 cm³/mol. The number of aryl methyl sites for hydroxylation is 1. The van der Waals surface area contributed by atoms with E-state index < -0.39 is 0 Å². The summed E-state index contributed by atoms with van der Waals surface area (Å²) in [5, 5.41) is 3.34. The summed E-state index contributed by atoms with van der Waals surface area (Å²) in [6.07, 6.45) is 1.80. The highest BCUT2D eigenvalue weighted by atomic mass is 32.1.